The van der Waals surface area contributed by atoms with E-state index in [1.165, 1.54) is 6.42 Å². The van der Waals surface area contributed by atoms with Crippen LogP contribution in [0.4, 0.5) is 0 Å². The van der Waals surface area contributed by atoms with Gasteiger partial charge in [0.15, 0.2) is 0 Å². The van der Waals surface area contributed by atoms with E-state index in [0.29, 0.717) is 12.0 Å². The first-order valence-electron chi connectivity index (χ1n) is 8.52. The summed E-state index contributed by atoms with van der Waals surface area (Å²) < 4.78 is 0. The minimum absolute atomic E-state index is 0.253. The molecule has 0 aromatic heterocycles. The zero-order valence-corrected chi connectivity index (χ0v) is 14.5. The van der Waals surface area contributed by atoms with Crippen LogP contribution in [-0.2, 0) is 4.79 Å². The molecule has 1 saturated carbocycles. The van der Waals surface area contributed by atoms with Gasteiger partial charge in [0.2, 0.25) is 0 Å². The molecule has 2 N–H and O–H groups in total. The maximum absolute atomic E-state index is 11.8. The maximum Gasteiger partial charge on any atom is 0.324 e. The lowest BCUT2D eigenvalue weighted by Gasteiger charge is -2.34. The number of nitrogens with zero attached hydrogens (tertiary/aromatic N) is 1. The molecular weight excluding hydrogens is 264 g/mol. The summed E-state index contributed by atoms with van der Waals surface area (Å²) in [4.78, 5) is 14.2. The highest BCUT2D eigenvalue weighted by Crippen LogP contribution is 2.38. The van der Waals surface area contributed by atoms with Crippen LogP contribution in [0, 0.1) is 11.8 Å². The molecule has 0 heterocycles. The van der Waals surface area contributed by atoms with Crippen LogP contribution >= 0.6 is 0 Å². The molecule has 1 aliphatic rings. The van der Waals surface area contributed by atoms with E-state index in [1.54, 1.807) is 0 Å². The lowest BCUT2D eigenvalue weighted by molar-refractivity contribution is -0.146. The van der Waals surface area contributed by atoms with E-state index in [-0.39, 0.29) is 5.92 Å². The van der Waals surface area contributed by atoms with Gasteiger partial charge in [0.05, 0.1) is 0 Å². The lowest BCUT2D eigenvalue weighted by atomic mass is 9.84. The highest BCUT2D eigenvalue weighted by atomic mass is 16.4. The van der Waals surface area contributed by atoms with Gasteiger partial charge in [-0.05, 0) is 64.6 Å². The highest BCUT2D eigenvalue weighted by Gasteiger charge is 2.48. The van der Waals surface area contributed by atoms with Crippen LogP contribution < -0.4 is 5.32 Å². The van der Waals surface area contributed by atoms with Crippen molar-refractivity contribution in [3.8, 4) is 0 Å². The average Bonchev–Trinajstić information content (AvgIpc) is 2.79. The van der Waals surface area contributed by atoms with E-state index in [9.17, 15) is 9.90 Å². The standard InChI is InChI=1S/C17H34N2O2/c1-6-18-17(16(20)21)10-7-8-15(17)9-11-19(5)14(4)12-13(2)3/h13-15,18H,6-12H2,1-5H3,(H,20,21). The van der Waals surface area contributed by atoms with Crippen LogP contribution in [-0.4, -0.2) is 47.7 Å². The molecule has 1 fully saturated rings. The van der Waals surface area contributed by atoms with Gasteiger partial charge in [-0.25, -0.2) is 0 Å². The molecule has 124 valence electrons. The van der Waals surface area contributed by atoms with E-state index in [2.05, 4.69) is 38.0 Å². The molecule has 0 spiro atoms. The minimum Gasteiger partial charge on any atom is -0.480 e. The number of hydrogen-bond donors (Lipinski definition) is 2. The van der Waals surface area contributed by atoms with Crippen LogP contribution in [0.5, 0.6) is 0 Å². The van der Waals surface area contributed by atoms with Crippen LogP contribution in [0.3, 0.4) is 0 Å². The van der Waals surface area contributed by atoms with Crippen LogP contribution in [0.2, 0.25) is 0 Å². The fourth-order valence-electron chi connectivity index (χ4n) is 3.82. The molecule has 0 aliphatic heterocycles. The zero-order valence-electron chi connectivity index (χ0n) is 14.5. The van der Waals surface area contributed by atoms with Gasteiger partial charge in [-0.2, -0.15) is 0 Å². The second-order valence-corrected chi connectivity index (χ2v) is 7.14. The molecule has 3 unspecified atom stereocenters. The molecule has 0 bridgehead atoms. The summed E-state index contributed by atoms with van der Waals surface area (Å²) in [6, 6.07) is 0.560. The number of rotatable bonds is 9. The molecular formula is C17H34N2O2. The number of likely N-dealkylation sites (N-methyl/N-ethyl adjacent to an activating group) is 1. The number of nitrogens with one attached hydrogen (secondary N) is 1. The smallest absolute Gasteiger partial charge is 0.324 e. The molecule has 0 radical (unpaired) electrons. The molecule has 0 aromatic rings. The van der Waals surface area contributed by atoms with Crippen molar-refractivity contribution in [1.29, 1.82) is 0 Å². The van der Waals surface area contributed by atoms with Gasteiger partial charge >= 0.3 is 5.97 Å². The third-order valence-corrected chi connectivity index (χ3v) is 5.09. The van der Waals surface area contributed by atoms with E-state index in [0.717, 1.165) is 38.8 Å². The SMILES string of the molecule is CCNC1(C(=O)O)CCCC1CCN(C)C(C)CC(C)C. The van der Waals surface area contributed by atoms with Gasteiger partial charge in [-0.3, -0.25) is 4.79 Å². The summed E-state index contributed by atoms with van der Waals surface area (Å²) in [5, 5.41) is 13.0. The lowest BCUT2D eigenvalue weighted by Crippen LogP contribution is -2.55. The Bertz CT molecular complexity index is 333. The van der Waals surface area contributed by atoms with Crippen molar-refractivity contribution in [1.82, 2.24) is 10.2 Å². The van der Waals surface area contributed by atoms with Gasteiger partial charge in [0.1, 0.15) is 5.54 Å². The van der Waals surface area contributed by atoms with Gasteiger partial charge in [0, 0.05) is 6.04 Å². The molecule has 4 nitrogen and oxygen atoms in total. The van der Waals surface area contributed by atoms with Crippen molar-refractivity contribution in [3.63, 3.8) is 0 Å². The first-order chi connectivity index (χ1) is 9.83. The Morgan fingerprint density at radius 2 is 2.10 bits per heavy atom. The topological polar surface area (TPSA) is 52.6 Å². The third kappa shape index (κ3) is 4.68. The highest BCUT2D eigenvalue weighted by molar-refractivity contribution is 5.79. The zero-order chi connectivity index (χ0) is 16.0. The maximum atomic E-state index is 11.8. The Labute approximate surface area is 130 Å². The predicted octanol–water partition coefficient (Wildman–Crippen LogP) is 2.98. The molecule has 4 heteroatoms. The normalized spacial score (nSPS) is 27.5. The summed E-state index contributed by atoms with van der Waals surface area (Å²) >= 11 is 0. The van der Waals surface area contributed by atoms with Crippen molar-refractivity contribution >= 4 is 5.97 Å². The van der Waals surface area contributed by atoms with Crippen molar-refractivity contribution < 1.29 is 9.90 Å². The molecule has 1 aliphatic carbocycles. The van der Waals surface area contributed by atoms with E-state index in [4.69, 9.17) is 0 Å². The quantitative estimate of drug-likeness (QED) is 0.687. The number of carbonyl (C=O) groups is 1. The summed E-state index contributed by atoms with van der Waals surface area (Å²) in [7, 11) is 2.16. The number of carboxylic acid groups (broad SMARTS) is 1. The van der Waals surface area contributed by atoms with Crippen molar-refractivity contribution in [3.05, 3.63) is 0 Å². The Hall–Kier alpha value is -0.610. The van der Waals surface area contributed by atoms with Crippen molar-refractivity contribution in [2.45, 2.75) is 71.4 Å². The van der Waals surface area contributed by atoms with E-state index in [1.807, 2.05) is 6.92 Å². The molecule has 3 atom stereocenters. The summed E-state index contributed by atoms with van der Waals surface area (Å²) in [6.45, 7) is 10.5. The predicted molar refractivity (Wildman–Crippen MR) is 87.5 cm³/mol. The van der Waals surface area contributed by atoms with Gasteiger partial charge < -0.3 is 15.3 Å². The van der Waals surface area contributed by atoms with E-state index >= 15 is 0 Å². The van der Waals surface area contributed by atoms with Crippen molar-refractivity contribution in [2.75, 3.05) is 20.1 Å². The van der Waals surface area contributed by atoms with Gasteiger partial charge in [-0.15, -0.1) is 0 Å². The van der Waals surface area contributed by atoms with Gasteiger partial charge in [0.25, 0.3) is 0 Å². The fraction of sp³-hybridized carbons (Fsp3) is 0.941. The molecule has 0 amide bonds. The molecule has 0 saturated heterocycles. The molecule has 1 rings (SSSR count). The first kappa shape index (κ1) is 18.4. The van der Waals surface area contributed by atoms with Crippen LogP contribution in [0.1, 0.15) is 59.8 Å². The number of hydrogen-bond acceptors (Lipinski definition) is 3. The summed E-state index contributed by atoms with van der Waals surface area (Å²) in [5.74, 6) is 0.294. The average molecular weight is 298 g/mol. The Kier molecular flexibility index (Phi) is 7.14. The number of aliphatic carboxylic acids is 1. The van der Waals surface area contributed by atoms with E-state index < -0.39 is 11.5 Å². The fourth-order valence-corrected chi connectivity index (χ4v) is 3.82. The molecule has 21 heavy (non-hydrogen) atoms. The Balaban J connectivity index is 2.58. The second kappa shape index (κ2) is 8.14. The van der Waals surface area contributed by atoms with Crippen molar-refractivity contribution in [2.24, 2.45) is 11.8 Å². The monoisotopic (exact) mass is 298 g/mol. The van der Waals surface area contributed by atoms with Crippen LogP contribution in [0.15, 0.2) is 0 Å². The second-order valence-electron chi connectivity index (χ2n) is 7.14. The minimum atomic E-state index is -0.684. The first-order valence-corrected chi connectivity index (χ1v) is 8.52. The summed E-state index contributed by atoms with van der Waals surface area (Å²) in [6.07, 6.45) is 4.99. The Morgan fingerprint density at radius 3 is 2.62 bits per heavy atom. The van der Waals surface area contributed by atoms with Gasteiger partial charge in [-0.1, -0.05) is 27.2 Å². The molecule has 0 aromatic carbocycles. The van der Waals surface area contributed by atoms with Crippen LogP contribution in [0.25, 0.3) is 0 Å². The Morgan fingerprint density at radius 1 is 1.43 bits per heavy atom. The largest absolute Gasteiger partial charge is 0.480 e. The number of carboxylic acids is 1. The summed E-state index contributed by atoms with van der Waals surface area (Å²) in [5.41, 5.74) is -0.684. The third-order valence-electron chi connectivity index (χ3n) is 5.09.